The number of imidazole rings is 1. The second-order valence-electron chi connectivity index (χ2n) is 5.91. The highest BCUT2D eigenvalue weighted by molar-refractivity contribution is 5.65. The van der Waals surface area contributed by atoms with Gasteiger partial charge in [-0.15, -0.1) is 0 Å². The van der Waals surface area contributed by atoms with E-state index in [2.05, 4.69) is 38.1 Å². The largest absolute Gasteiger partial charge is 0.493 e. The van der Waals surface area contributed by atoms with Crippen molar-refractivity contribution in [3.63, 3.8) is 0 Å². The number of rotatable bonds is 2. The fraction of sp³-hybridized carbons (Fsp3) is 0.235. The second-order valence-corrected chi connectivity index (χ2v) is 5.91. The van der Waals surface area contributed by atoms with Gasteiger partial charge in [0.25, 0.3) is 0 Å². The molecule has 3 heterocycles. The third-order valence-electron chi connectivity index (χ3n) is 4.74. The second kappa shape index (κ2) is 4.40. The van der Waals surface area contributed by atoms with Gasteiger partial charge < -0.3 is 9.72 Å². The third kappa shape index (κ3) is 1.68. The van der Waals surface area contributed by atoms with E-state index >= 15 is 0 Å². The van der Waals surface area contributed by atoms with Crippen LogP contribution in [-0.2, 0) is 0 Å². The highest BCUT2D eigenvalue weighted by Gasteiger charge is 2.56. The van der Waals surface area contributed by atoms with Crippen LogP contribution in [0.5, 0.6) is 5.75 Å². The van der Waals surface area contributed by atoms with Crippen LogP contribution in [0, 0.1) is 5.92 Å². The minimum Gasteiger partial charge on any atom is -0.493 e. The molecule has 5 nitrogen and oxygen atoms in total. The van der Waals surface area contributed by atoms with Gasteiger partial charge in [-0.1, -0.05) is 6.07 Å². The molecule has 1 N–H and O–H groups in total. The number of nitrogens with zero attached hydrogens (tertiary/aromatic N) is 3. The van der Waals surface area contributed by atoms with Gasteiger partial charge in [0.15, 0.2) is 0 Å². The fourth-order valence-electron chi connectivity index (χ4n) is 3.63. The van der Waals surface area contributed by atoms with E-state index < -0.39 is 0 Å². The topological polar surface area (TPSA) is 63.7 Å². The SMILES string of the molecule is c1ncc(-c2ccc3c(c2)C2C(CO3)C2c2cnc[nH]2)cn1. The number of ether oxygens (including phenoxy) is 1. The zero-order valence-electron chi connectivity index (χ0n) is 11.8. The molecule has 0 amide bonds. The molecule has 5 rings (SSSR count). The first-order chi connectivity index (χ1) is 10.9. The molecule has 1 aliphatic heterocycles. The maximum Gasteiger partial charge on any atom is 0.122 e. The monoisotopic (exact) mass is 290 g/mol. The lowest BCUT2D eigenvalue weighted by Crippen LogP contribution is -2.08. The van der Waals surface area contributed by atoms with E-state index in [0.717, 1.165) is 23.5 Å². The number of fused-ring (bicyclic) bond motifs is 3. The first-order valence-electron chi connectivity index (χ1n) is 7.42. The van der Waals surface area contributed by atoms with Gasteiger partial charge in [0, 0.05) is 47.6 Å². The van der Waals surface area contributed by atoms with Crippen molar-refractivity contribution in [2.24, 2.45) is 5.92 Å². The minimum absolute atomic E-state index is 0.492. The van der Waals surface area contributed by atoms with Gasteiger partial charge in [-0.2, -0.15) is 0 Å². The van der Waals surface area contributed by atoms with Crippen LogP contribution in [0.3, 0.4) is 0 Å². The van der Waals surface area contributed by atoms with E-state index in [1.54, 1.807) is 12.7 Å². The molecule has 3 aromatic rings. The molecule has 3 atom stereocenters. The van der Waals surface area contributed by atoms with Gasteiger partial charge in [-0.25, -0.2) is 15.0 Å². The summed E-state index contributed by atoms with van der Waals surface area (Å²) < 4.78 is 5.93. The standard InChI is InChI=1S/C17H14N4O/c1-2-15-12(3-10(1)11-4-18-8-19-5-11)16-13(7-22-15)17(16)14-6-20-9-21-14/h1-6,8-9,13,16-17H,7H2,(H,20,21). The predicted octanol–water partition coefficient (Wildman–Crippen LogP) is 2.76. The van der Waals surface area contributed by atoms with Gasteiger partial charge >= 0.3 is 0 Å². The van der Waals surface area contributed by atoms with Gasteiger partial charge in [0.2, 0.25) is 0 Å². The van der Waals surface area contributed by atoms with Crippen LogP contribution < -0.4 is 4.74 Å². The van der Waals surface area contributed by atoms with Crippen LogP contribution in [-0.4, -0.2) is 26.5 Å². The number of H-pyrrole nitrogens is 1. The summed E-state index contributed by atoms with van der Waals surface area (Å²) in [4.78, 5) is 15.6. The Morgan fingerprint density at radius 2 is 1.91 bits per heavy atom. The van der Waals surface area contributed by atoms with E-state index in [4.69, 9.17) is 4.74 Å². The molecule has 1 aliphatic carbocycles. The molecule has 0 radical (unpaired) electrons. The fourth-order valence-corrected chi connectivity index (χ4v) is 3.63. The molecular formula is C17H14N4O. The van der Waals surface area contributed by atoms with Crippen LogP contribution in [0.25, 0.3) is 11.1 Å². The molecular weight excluding hydrogens is 276 g/mol. The zero-order chi connectivity index (χ0) is 14.5. The molecule has 3 unspecified atom stereocenters. The zero-order valence-corrected chi connectivity index (χ0v) is 11.8. The Kier molecular flexibility index (Phi) is 2.38. The number of benzene rings is 1. The summed E-state index contributed by atoms with van der Waals surface area (Å²) in [5.74, 6) is 2.57. The lowest BCUT2D eigenvalue weighted by molar-refractivity contribution is 0.277. The Morgan fingerprint density at radius 3 is 2.73 bits per heavy atom. The number of aromatic nitrogens is 4. The predicted molar refractivity (Wildman–Crippen MR) is 80.5 cm³/mol. The average Bonchev–Trinajstić information content (AvgIpc) is 3.08. The van der Waals surface area contributed by atoms with Gasteiger partial charge in [0.1, 0.15) is 12.1 Å². The Morgan fingerprint density at radius 1 is 1.00 bits per heavy atom. The summed E-state index contributed by atoms with van der Waals surface area (Å²) in [6.07, 6.45) is 8.91. The smallest absolute Gasteiger partial charge is 0.122 e. The lowest BCUT2D eigenvalue weighted by Gasteiger charge is -2.17. The maximum atomic E-state index is 5.93. The van der Waals surface area contributed by atoms with Crippen LogP contribution in [0.15, 0.2) is 49.4 Å². The molecule has 1 fully saturated rings. The van der Waals surface area contributed by atoms with Gasteiger partial charge in [0.05, 0.1) is 12.9 Å². The van der Waals surface area contributed by atoms with Crippen LogP contribution in [0.4, 0.5) is 0 Å². The summed E-state index contributed by atoms with van der Waals surface area (Å²) in [6, 6.07) is 6.36. The van der Waals surface area contributed by atoms with Crippen molar-refractivity contribution in [2.75, 3.05) is 6.61 Å². The molecule has 1 saturated carbocycles. The van der Waals surface area contributed by atoms with Crippen molar-refractivity contribution in [1.29, 1.82) is 0 Å². The molecule has 108 valence electrons. The molecule has 22 heavy (non-hydrogen) atoms. The van der Waals surface area contributed by atoms with Crippen molar-refractivity contribution >= 4 is 0 Å². The van der Waals surface area contributed by atoms with Crippen LogP contribution in [0.2, 0.25) is 0 Å². The molecule has 2 aromatic heterocycles. The summed E-state index contributed by atoms with van der Waals surface area (Å²) in [6.45, 7) is 0.787. The first kappa shape index (κ1) is 11.9. The van der Waals surface area contributed by atoms with Crippen molar-refractivity contribution in [1.82, 2.24) is 19.9 Å². The third-order valence-corrected chi connectivity index (χ3v) is 4.74. The molecule has 0 bridgehead atoms. The first-order valence-corrected chi connectivity index (χ1v) is 7.42. The molecule has 0 saturated heterocycles. The molecule has 1 aromatic carbocycles. The molecule has 0 spiro atoms. The Labute approximate surface area is 127 Å². The summed E-state index contributed by atoms with van der Waals surface area (Å²) >= 11 is 0. The highest BCUT2D eigenvalue weighted by Crippen LogP contribution is 2.64. The quantitative estimate of drug-likeness (QED) is 0.788. The maximum absolute atomic E-state index is 5.93. The van der Waals surface area contributed by atoms with Gasteiger partial charge in [-0.3, -0.25) is 0 Å². The Bertz CT molecular complexity index is 816. The Balaban J connectivity index is 1.56. The van der Waals surface area contributed by atoms with E-state index in [1.807, 2.05) is 18.6 Å². The highest BCUT2D eigenvalue weighted by atomic mass is 16.5. The van der Waals surface area contributed by atoms with Crippen molar-refractivity contribution < 1.29 is 4.74 Å². The van der Waals surface area contributed by atoms with Crippen LogP contribution >= 0.6 is 0 Å². The summed E-state index contributed by atoms with van der Waals surface area (Å²) in [5, 5.41) is 0. The van der Waals surface area contributed by atoms with Crippen molar-refractivity contribution in [2.45, 2.75) is 11.8 Å². The van der Waals surface area contributed by atoms with E-state index in [1.165, 1.54) is 11.3 Å². The van der Waals surface area contributed by atoms with Gasteiger partial charge in [-0.05, 0) is 23.3 Å². The number of hydrogen-bond donors (Lipinski definition) is 1. The average molecular weight is 290 g/mol. The van der Waals surface area contributed by atoms with E-state index in [9.17, 15) is 0 Å². The molecule has 2 aliphatic rings. The van der Waals surface area contributed by atoms with Crippen molar-refractivity contribution in [3.8, 4) is 16.9 Å². The lowest BCUT2D eigenvalue weighted by atomic mass is 9.99. The van der Waals surface area contributed by atoms with E-state index in [0.29, 0.717) is 17.8 Å². The number of aromatic amines is 1. The summed E-state index contributed by atoms with van der Waals surface area (Å²) in [7, 11) is 0. The Hall–Kier alpha value is -2.69. The number of hydrogen-bond acceptors (Lipinski definition) is 4. The summed E-state index contributed by atoms with van der Waals surface area (Å²) in [5.41, 5.74) is 4.67. The molecule has 5 heteroatoms. The number of nitrogens with one attached hydrogen (secondary N) is 1. The normalized spacial score (nSPS) is 25.0. The van der Waals surface area contributed by atoms with Crippen molar-refractivity contribution in [3.05, 3.63) is 60.7 Å². The van der Waals surface area contributed by atoms with E-state index in [-0.39, 0.29) is 0 Å². The van der Waals surface area contributed by atoms with Crippen LogP contribution in [0.1, 0.15) is 23.1 Å². The minimum atomic E-state index is 0.492.